The molecule has 1 N–H and O–H groups in total. The van der Waals surface area contributed by atoms with Crippen LogP contribution < -0.4 is 0 Å². The van der Waals surface area contributed by atoms with Gasteiger partial charge in [-0.2, -0.15) is 0 Å². The molecule has 0 amide bonds. The van der Waals surface area contributed by atoms with Gasteiger partial charge < -0.3 is 5.11 Å². The minimum atomic E-state index is -1.12. The third kappa shape index (κ3) is 2.36. The molecule has 1 aromatic carbocycles. The Hall–Kier alpha value is -1.69. The van der Waals surface area contributed by atoms with Gasteiger partial charge in [0.2, 0.25) is 0 Å². The molecular weight excluding hydrogens is 286 g/mol. The summed E-state index contributed by atoms with van der Waals surface area (Å²) in [6.45, 7) is 1.91. The second-order valence-corrected chi connectivity index (χ2v) is 4.31. The van der Waals surface area contributed by atoms with Crippen LogP contribution in [0.3, 0.4) is 0 Å². The Balaban J connectivity index is 2.50. The lowest BCUT2D eigenvalue weighted by Crippen LogP contribution is -2.03. The third-order valence-electron chi connectivity index (χ3n) is 2.25. The monoisotopic (exact) mass is 295 g/mol. The van der Waals surface area contributed by atoms with Crippen LogP contribution in [0.15, 0.2) is 28.7 Å². The van der Waals surface area contributed by atoms with Crippen LogP contribution in [0.25, 0.3) is 5.69 Å². The van der Waals surface area contributed by atoms with Gasteiger partial charge >= 0.3 is 5.97 Å². The Morgan fingerprint density at radius 3 is 2.59 bits per heavy atom. The highest BCUT2D eigenvalue weighted by atomic mass is 79.9. The summed E-state index contributed by atoms with van der Waals surface area (Å²) in [5.74, 6) is -0.662. The van der Waals surface area contributed by atoms with Crippen molar-refractivity contribution in [3.63, 3.8) is 0 Å². The number of hydrogen-bond acceptors (Lipinski definition) is 3. The van der Waals surface area contributed by atoms with Gasteiger partial charge in [-0.1, -0.05) is 22.9 Å². The van der Waals surface area contributed by atoms with Crippen LogP contribution in [-0.4, -0.2) is 25.8 Å². The molecule has 0 spiro atoms. The number of aromatic carboxylic acids is 1. The van der Waals surface area contributed by atoms with Gasteiger partial charge in [-0.05, 0) is 24.3 Å². The highest BCUT2D eigenvalue weighted by Crippen LogP contribution is 2.15. The lowest BCUT2D eigenvalue weighted by Gasteiger charge is -2.03. The fourth-order valence-corrected chi connectivity index (χ4v) is 1.72. The smallest absolute Gasteiger partial charge is 0.375 e. The zero-order valence-electron chi connectivity index (χ0n) is 9.09. The predicted molar refractivity (Wildman–Crippen MR) is 65.4 cm³/mol. The summed E-state index contributed by atoms with van der Waals surface area (Å²) in [5, 5.41) is 12.8. The van der Waals surface area contributed by atoms with Crippen molar-refractivity contribution in [1.82, 2.24) is 14.8 Å². The molecule has 1 heterocycles. The largest absolute Gasteiger partial charge is 0.475 e. The van der Waals surface area contributed by atoms with Gasteiger partial charge in [0.25, 0.3) is 5.82 Å². The zero-order chi connectivity index (χ0) is 12.4. The molecule has 17 heavy (non-hydrogen) atoms. The summed E-state index contributed by atoms with van der Waals surface area (Å²) in [6.07, 6.45) is 0.621. The topological polar surface area (TPSA) is 68.0 Å². The van der Waals surface area contributed by atoms with E-state index in [-0.39, 0.29) is 5.82 Å². The van der Waals surface area contributed by atoms with Crippen molar-refractivity contribution >= 4 is 21.9 Å². The van der Waals surface area contributed by atoms with Gasteiger partial charge in [0, 0.05) is 10.9 Å². The molecule has 0 aliphatic carbocycles. The second-order valence-electron chi connectivity index (χ2n) is 3.40. The minimum absolute atomic E-state index is 0.176. The van der Waals surface area contributed by atoms with E-state index in [4.69, 9.17) is 5.11 Å². The Labute approximate surface area is 106 Å². The number of carbonyl (C=O) groups is 1. The lowest BCUT2D eigenvalue weighted by atomic mass is 10.3. The molecule has 2 aromatic rings. The van der Waals surface area contributed by atoms with Crippen molar-refractivity contribution in [1.29, 1.82) is 0 Å². The number of aryl methyl sites for hydroxylation is 1. The molecule has 0 atom stereocenters. The Bertz CT molecular complexity index is 548. The van der Waals surface area contributed by atoms with Crippen LogP contribution in [0.2, 0.25) is 0 Å². The maximum absolute atomic E-state index is 10.8. The molecule has 0 unspecified atom stereocenters. The van der Waals surface area contributed by atoms with Crippen LogP contribution in [0, 0.1) is 0 Å². The molecule has 0 saturated heterocycles. The minimum Gasteiger partial charge on any atom is -0.475 e. The number of carboxylic acids is 1. The predicted octanol–water partition coefficient (Wildman–Crippen LogP) is 2.29. The average molecular weight is 296 g/mol. The Morgan fingerprint density at radius 1 is 1.41 bits per heavy atom. The van der Waals surface area contributed by atoms with Crippen LogP contribution in [0.5, 0.6) is 0 Å². The molecule has 0 saturated carbocycles. The first-order valence-electron chi connectivity index (χ1n) is 5.07. The van der Waals surface area contributed by atoms with E-state index in [0.29, 0.717) is 12.2 Å². The third-order valence-corrected chi connectivity index (χ3v) is 2.78. The van der Waals surface area contributed by atoms with Crippen molar-refractivity contribution < 1.29 is 9.90 Å². The van der Waals surface area contributed by atoms with Crippen molar-refractivity contribution in [2.45, 2.75) is 13.3 Å². The van der Waals surface area contributed by atoms with Gasteiger partial charge in [0.05, 0.1) is 5.69 Å². The Morgan fingerprint density at radius 2 is 2.06 bits per heavy atom. The number of benzene rings is 1. The lowest BCUT2D eigenvalue weighted by molar-refractivity contribution is 0.0683. The first-order valence-corrected chi connectivity index (χ1v) is 5.86. The molecule has 6 heteroatoms. The summed E-state index contributed by atoms with van der Waals surface area (Å²) in [7, 11) is 0. The van der Waals surface area contributed by atoms with E-state index in [0.717, 1.165) is 10.2 Å². The van der Waals surface area contributed by atoms with Crippen LogP contribution in [-0.2, 0) is 6.42 Å². The van der Waals surface area contributed by atoms with Crippen molar-refractivity contribution in [2.24, 2.45) is 0 Å². The molecule has 0 aliphatic rings. The molecule has 2 rings (SSSR count). The molecular formula is C11H10BrN3O2. The summed E-state index contributed by atoms with van der Waals surface area (Å²) in [6, 6.07) is 7.45. The van der Waals surface area contributed by atoms with E-state index >= 15 is 0 Å². The maximum Gasteiger partial charge on any atom is 0.375 e. The van der Waals surface area contributed by atoms with E-state index in [1.165, 1.54) is 0 Å². The number of hydrogen-bond donors (Lipinski definition) is 1. The molecule has 88 valence electrons. The van der Waals surface area contributed by atoms with Gasteiger partial charge in [-0.15, -0.1) is 5.10 Å². The Kier molecular flexibility index (Phi) is 3.23. The first-order chi connectivity index (χ1) is 8.11. The highest BCUT2D eigenvalue weighted by molar-refractivity contribution is 9.10. The van der Waals surface area contributed by atoms with Crippen molar-refractivity contribution in [2.75, 3.05) is 0 Å². The van der Waals surface area contributed by atoms with Gasteiger partial charge in [-0.3, -0.25) is 0 Å². The van der Waals surface area contributed by atoms with E-state index < -0.39 is 5.97 Å². The van der Waals surface area contributed by atoms with E-state index in [9.17, 15) is 4.79 Å². The molecule has 0 bridgehead atoms. The van der Waals surface area contributed by atoms with E-state index in [1.54, 1.807) is 4.68 Å². The summed E-state index contributed by atoms with van der Waals surface area (Å²) in [5.41, 5.74) is 0.796. The van der Waals surface area contributed by atoms with Crippen LogP contribution in [0.1, 0.15) is 23.4 Å². The molecule has 1 aromatic heterocycles. The summed E-state index contributed by atoms with van der Waals surface area (Å²) in [4.78, 5) is 14.8. The summed E-state index contributed by atoms with van der Waals surface area (Å²) >= 11 is 3.34. The van der Waals surface area contributed by atoms with Crippen molar-refractivity contribution in [3.8, 4) is 5.69 Å². The SMILES string of the molecule is CCc1nc(C(=O)O)nn1-c1ccc(Br)cc1. The highest BCUT2D eigenvalue weighted by Gasteiger charge is 2.14. The zero-order valence-corrected chi connectivity index (χ0v) is 10.7. The van der Waals surface area contributed by atoms with E-state index in [1.807, 2.05) is 31.2 Å². The second kappa shape index (κ2) is 4.67. The van der Waals surface area contributed by atoms with Gasteiger partial charge in [0.1, 0.15) is 5.82 Å². The van der Waals surface area contributed by atoms with Crippen LogP contribution >= 0.6 is 15.9 Å². The standard InChI is InChI=1S/C11H10BrN3O2/c1-2-9-13-10(11(16)17)14-15(9)8-5-3-7(12)4-6-8/h3-6H,2H2,1H3,(H,16,17). The fourth-order valence-electron chi connectivity index (χ4n) is 1.45. The van der Waals surface area contributed by atoms with E-state index in [2.05, 4.69) is 26.0 Å². The average Bonchev–Trinajstić information content (AvgIpc) is 2.74. The molecule has 0 radical (unpaired) electrons. The number of rotatable bonds is 3. The van der Waals surface area contributed by atoms with Crippen molar-refractivity contribution in [3.05, 3.63) is 40.4 Å². The normalized spacial score (nSPS) is 10.5. The first kappa shape index (κ1) is 11.8. The molecule has 0 aliphatic heterocycles. The van der Waals surface area contributed by atoms with Gasteiger partial charge in [0.15, 0.2) is 0 Å². The number of halogens is 1. The molecule has 5 nitrogen and oxygen atoms in total. The fraction of sp³-hybridized carbons (Fsp3) is 0.182. The summed E-state index contributed by atoms with van der Waals surface area (Å²) < 4.78 is 2.51. The van der Waals surface area contributed by atoms with Crippen LogP contribution in [0.4, 0.5) is 0 Å². The number of aromatic nitrogens is 3. The molecule has 0 fully saturated rings. The quantitative estimate of drug-likeness (QED) is 0.943. The number of carboxylic acid groups (broad SMARTS) is 1. The number of nitrogens with zero attached hydrogens (tertiary/aromatic N) is 3. The van der Waals surface area contributed by atoms with Gasteiger partial charge in [-0.25, -0.2) is 14.5 Å². The maximum atomic E-state index is 10.8.